The summed E-state index contributed by atoms with van der Waals surface area (Å²) in [6.07, 6.45) is 4.07. The number of nitrogens with one attached hydrogen (secondary N) is 1. The Morgan fingerprint density at radius 3 is 2.71 bits per heavy atom. The number of hydrogen-bond donors (Lipinski definition) is 1. The van der Waals surface area contributed by atoms with Crippen LogP contribution in [-0.4, -0.2) is 50.3 Å². The first-order valence-electron chi connectivity index (χ1n) is 8.56. The molecule has 2 heterocycles. The molecule has 5 nitrogen and oxygen atoms in total. The zero-order valence-corrected chi connectivity index (χ0v) is 15.0. The molecule has 0 radical (unpaired) electrons. The number of benzene rings is 1. The second kappa shape index (κ2) is 9.25. The molecule has 1 aromatic rings. The number of hydrogen-bond acceptors (Lipinski definition) is 4. The number of carbonyl (C=O) groups is 1. The molecule has 0 aliphatic carbocycles. The lowest BCUT2D eigenvalue weighted by Gasteiger charge is -2.34. The fourth-order valence-electron chi connectivity index (χ4n) is 3.45. The standard InChI is InChI=1S/C18H26N2O3.ClH/c1-22-15-8-6-14(7-9-15)16-5-3-2-4-11-20(16)18(21)17-13-19-10-12-23-17;/h6-9,16-17,19H,2-5,10-13H2,1H3;1H. The molecule has 1 aromatic carbocycles. The number of methoxy groups -OCH3 is 1. The number of carbonyl (C=O) groups excluding carboxylic acids is 1. The zero-order chi connectivity index (χ0) is 16.1. The highest BCUT2D eigenvalue weighted by Gasteiger charge is 2.32. The maximum Gasteiger partial charge on any atom is 0.253 e. The summed E-state index contributed by atoms with van der Waals surface area (Å²) in [5.74, 6) is 0.972. The molecule has 0 aromatic heterocycles. The summed E-state index contributed by atoms with van der Waals surface area (Å²) in [5, 5.41) is 3.25. The molecule has 2 aliphatic heterocycles. The second-order valence-corrected chi connectivity index (χ2v) is 6.23. The fraction of sp³-hybridized carbons (Fsp3) is 0.611. The first-order chi connectivity index (χ1) is 11.3. The lowest BCUT2D eigenvalue weighted by Crippen LogP contribution is -2.50. The van der Waals surface area contributed by atoms with Crippen LogP contribution in [0.25, 0.3) is 0 Å². The Hall–Kier alpha value is -1.30. The van der Waals surface area contributed by atoms with Gasteiger partial charge in [0.05, 0.1) is 19.8 Å². The van der Waals surface area contributed by atoms with Crippen LogP contribution in [0.3, 0.4) is 0 Å². The minimum atomic E-state index is -0.345. The van der Waals surface area contributed by atoms with Crippen LogP contribution in [-0.2, 0) is 9.53 Å². The summed E-state index contributed by atoms with van der Waals surface area (Å²) in [6.45, 7) is 2.86. The smallest absolute Gasteiger partial charge is 0.253 e. The second-order valence-electron chi connectivity index (χ2n) is 6.23. The first-order valence-corrected chi connectivity index (χ1v) is 8.56. The van der Waals surface area contributed by atoms with Gasteiger partial charge in [0.15, 0.2) is 0 Å². The summed E-state index contributed by atoms with van der Waals surface area (Å²) in [4.78, 5) is 15.0. The van der Waals surface area contributed by atoms with Gasteiger partial charge >= 0.3 is 0 Å². The molecular weight excluding hydrogens is 328 g/mol. The highest BCUT2D eigenvalue weighted by molar-refractivity contribution is 5.85. The maximum atomic E-state index is 12.9. The van der Waals surface area contributed by atoms with Crippen molar-refractivity contribution in [2.45, 2.75) is 37.8 Å². The van der Waals surface area contributed by atoms with E-state index in [9.17, 15) is 4.79 Å². The molecule has 2 atom stereocenters. The van der Waals surface area contributed by atoms with Gasteiger partial charge in [-0.05, 0) is 30.5 Å². The molecule has 0 spiro atoms. The van der Waals surface area contributed by atoms with E-state index in [1.54, 1.807) is 7.11 Å². The Balaban J connectivity index is 0.00000208. The molecule has 1 amide bonds. The molecule has 0 bridgehead atoms. The average molecular weight is 355 g/mol. The minimum absolute atomic E-state index is 0. The molecule has 6 heteroatoms. The van der Waals surface area contributed by atoms with Gasteiger partial charge in [0.1, 0.15) is 11.9 Å². The molecule has 2 fully saturated rings. The molecular formula is C18H27ClN2O3. The van der Waals surface area contributed by atoms with Crippen LogP contribution in [0.5, 0.6) is 5.75 Å². The third kappa shape index (κ3) is 4.41. The molecule has 2 unspecified atom stereocenters. The summed E-state index contributed by atoms with van der Waals surface area (Å²) in [5.41, 5.74) is 1.19. The van der Waals surface area contributed by atoms with Gasteiger partial charge < -0.3 is 19.7 Å². The normalized spacial score (nSPS) is 24.6. The van der Waals surface area contributed by atoms with E-state index in [4.69, 9.17) is 9.47 Å². The van der Waals surface area contributed by atoms with E-state index in [0.29, 0.717) is 13.2 Å². The number of likely N-dealkylation sites (tertiary alicyclic amines) is 1. The lowest BCUT2D eigenvalue weighted by atomic mass is 10.00. The minimum Gasteiger partial charge on any atom is -0.497 e. The Kier molecular flexibility index (Phi) is 7.34. The van der Waals surface area contributed by atoms with Crippen molar-refractivity contribution in [3.63, 3.8) is 0 Å². The monoisotopic (exact) mass is 354 g/mol. The SMILES string of the molecule is COc1ccc(C2CCCCCN2C(=O)C2CNCCO2)cc1.Cl. The number of ether oxygens (including phenoxy) is 2. The molecule has 134 valence electrons. The molecule has 3 rings (SSSR count). The predicted octanol–water partition coefficient (Wildman–Crippen LogP) is 2.55. The Labute approximate surface area is 150 Å². The number of rotatable bonds is 3. The summed E-state index contributed by atoms with van der Waals surface area (Å²) in [7, 11) is 1.67. The Morgan fingerprint density at radius 1 is 1.25 bits per heavy atom. The van der Waals surface area contributed by atoms with E-state index in [1.165, 1.54) is 12.0 Å². The van der Waals surface area contributed by atoms with Gasteiger partial charge in [-0.3, -0.25) is 4.79 Å². The quantitative estimate of drug-likeness (QED) is 0.906. The first kappa shape index (κ1) is 19.0. The van der Waals surface area contributed by atoms with Crippen LogP contribution < -0.4 is 10.1 Å². The number of morpholine rings is 1. The van der Waals surface area contributed by atoms with E-state index in [0.717, 1.165) is 38.1 Å². The van der Waals surface area contributed by atoms with E-state index >= 15 is 0 Å². The third-order valence-corrected chi connectivity index (χ3v) is 4.74. The van der Waals surface area contributed by atoms with E-state index in [2.05, 4.69) is 17.4 Å². The molecule has 0 saturated carbocycles. The summed E-state index contributed by atoms with van der Waals surface area (Å²) >= 11 is 0. The molecule has 2 saturated heterocycles. The number of halogens is 1. The average Bonchev–Trinajstić information content (AvgIpc) is 2.88. The molecule has 24 heavy (non-hydrogen) atoms. The van der Waals surface area contributed by atoms with Crippen LogP contribution in [0.15, 0.2) is 24.3 Å². The van der Waals surface area contributed by atoms with Crippen molar-refractivity contribution >= 4 is 18.3 Å². The van der Waals surface area contributed by atoms with Gasteiger partial charge in [0, 0.05) is 19.6 Å². The Morgan fingerprint density at radius 2 is 2.04 bits per heavy atom. The van der Waals surface area contributed by atoms with Gasteiger partial charge in [-0.2, -0.15) is 0 Å². The van der Waals surface area contributed by atoms with E-state index in [-0.39, 0.29) is 30.5 Å². The van der Waals surface area contributed by atoms with Crippen LogP contribution >= 0.6 is 12.4 Å². The van der Waals surface area contributed by atoms with Gasteiger partial charge in [0.2, 0.25) is 0 Å². The zero-order valence-electron chi connectivity index (χ0n) is 14.2. The number of amides is 1. The highest BCUT2D eigenvalue weighted by Crippen LogP contribution is 2.32. The van der Waals surface area contributed by atoms with E-state index in [1.807, 2.05) is 17.0 Å². The molecule has 2 aliphatic rings. The van der Waals surface area contributed by atoms with Crippen molar-refractivity contribution in [2.75, 3.05) is 33.4 Å². The summed E-state index contributed by atoms with van der Waals surface area (Å²) < 4.78 is 10.9. The summed E-state index contributed by atoms with van der Waals surface area (Å²) in [6, 6.07) is 8.24. The van der Waals surface area contributed by atoms with Gasteiger partial charge in [0.25, 0.3) is 5.91 Å². The maximum absolute atomic E-state index is 12.9. The van der Waals surface area contributed by atoms with Gasteiger partial charge in [-0.25, -0.2) is 0 Å². The fourth-order valence-corrected chi connectivity index (χ4v) is 3.45. The van der Waals surface area contributed by atoms with Crippen molar-refractivity contribution in [3.8, 4) is 5.75 Å². The van der Waals surface area contributed by atoms with Crippen molar-refractivity contribution in [3.05, 3.63) is 29.8 Å². The van der Waals surface area contributed by atoms with E-state index < -0.39 is 0 Å². The van der Waals surface area contributed by atoms with Gasteiger partial charge in [-0.15, -0.1) is 12.4 Å². The Bertz CT molecular complexity index is 518. The third-order valence-electron chi connectivity index (χ3n) is 4.74. The van der Waals surface area contributed by atoms with Crippen molar-refractivity contribution in [1.29, 1.82) is 0 Å². The van der Waals surface area contributed by atoms with Crippen LogP contribution in [0.1, 0.15) is 37.3 Å². The highest BCUT2D eigenvalue weighted by atomic mass is 35.5. The van der Waals surface area contributed by atoms with Crippen LogP contribution in [0, 0.1) is 0 Å². The lowest BCUT2D eigenvalue weighted by molar-refractivity contribution is -0.147. The van der Waals surface area contributed by atoms with Gasteiger partial charge in [-0.1, -0.05) is 25.0 Å². The number of nitrogens with zero attached hydrogens (tertiary/aromatic N) is 1. The molecule has 1 N–H and O–H groups in total. The predicted molar refractivity (Wildman–Crippen MR) is 95.8 cm³/mol. The van der Waals surface area contributed by atoms with Crippen LogP contribution in [0.2, 0.25) is 0 Å². The van der Waals surface area contributed by atoms with Crippen molar-refractivity contribution in [1.82, 2.24) is 10.2 Å². The topological polar surface area (TPSA) is 50.8 Å². The van der Waals surface area contributed by atoms with Crippen molar-refractivity contribution < 1.29 is 14.3 Å². The van der Waals surface area contributed by atoms with Crippen LogP contribution in [0.4, 0.5) is 0 Å². The van der Waals surface area contributed by atoms with Crippen molar-refractivity contribution in [2.24, 2.45) is 0 Å². The largest absolute Gasteiger partial charge is 0.497 e.